The first-order chi connectivity index (χ1) is 9.49. The zero-order chi connectivity index (χ0) is 14.7. The first kappa shape index (κ1) is 14.8. The molecule has 108 valence electrons. The zero-order valence-corrected chi connectivity index (χ0v) is 12.7. The van der Waals surface area contributed by atoms with E-state index in [1.807, 2.05) is 32.9 Å². The van der Waals surface area contributed by atoms with Gasteiger partial charge in [0.25, 0.3) is 0 Å². The minimum Gasteiger partial charge on any atom is -0.335 e. The summed E-state index contributed by atoms with van der Waals surface area (Å²) in [7, 11) is 0. The van der Waals surface area contributed by atoms with Crippen LogP contribution in [0.1, 0.15) is 52.7 Å². The van der Waals surface area contributed by atoms with Crippen molar-refractivity contribution in [1.29, 1.82) is 0 Å². The summed E-state index contributed by atoms with van der Waals surface area (Å²) in [6, 6.07) is 4.06. The number of likely N-dealkylation sites (tertiary alicyclic amines) is 1. The number of carbonyl (C=O) groups is 2. The van der Waals surface area contributed by atoms with Gasteiger partial charge < -0.3 is 4.90 Å². The van der Waals surface area contributed by atoms with Crippen molar-refractivity contribution in [2.45, 2.75) is 46.5 Å². The van der Waals surface area contributed by atoms with E-state index in [0.29, 0.717) is 13.0 Å². The summed E-state index contributed by atoms with van der Waals surface area (Å²) in [5.41, 5.74) is 3.97. The number of hydrogen-bond acceptors (Lipinski definition) is 2. The monoisotopic (exact) mass is 273 g/mol. The van der Waals surface area contributed by atoms with Crippen molar-refractivity contribution in [3.63, 3.8) is 0 Å². The van der Waals surface area contributed by atoms with Crippen molar-refractivity contribution < 1.29 is 9.59 Å². The number of nitrogens with zero attached hydrogens (tertiary/aromatic N) is 1. The molecule has 0 saturated carbocycles. The van der Waals surface area contributed by atoms with Crippen LogP contribution in [0.4, 0.5) is 0 Å². The number of amides is 1. The standard InChI is InChI=1S/C17H23NO2/c1-12-9-13(2)17(14(3)10-12)15(19)11-18-8-6-4-5-7-16(18)20/h9-10H,4-8,11H2,1-3H3. The van der Waals surface area contributed by atoms with Crippen LogP contribution in [-0.4, -0.2) is 29.7 Å². The van der Waals surface area contributed by atoms with Crippen molar-refractivity contribution in [2.75, 3.05) is 13.1 Å². The van der Waals surface area contributed by atoms with Crippen LogP contribution < -0.4 is 0 Å². The first-order valence-electron chi connectivity index (χ1n) is 7.38. The summed E-state index contributed by atoms with van der Waals surface area (Å²) >= 11 is 0. The molecule has 0 aromatic heterocycles. The molecule has 0 aliphatic carbocycles. The molecule has 0 atom stereocenters. The minimum atomic E-state index is 0.0650. The van der Waals surface area contributed by atoms with Gasteiger partial charge in [0, 0.05) is 18.5 Å². The molecule has 20 heavy (non-hydrogen) atoms. The molecular formula is C17H23NO2. The van der Waals surface area contributed by atoms with Gasteiger partial charge in [-0.1, -0.05) is 24.1 Å². The summed E-state index contributed by atoms with van der Waals surface area (Å²) in [6.07, 6.45) is 3.62. The largest absolute Gasteiger partial charge is 0.335 e. The molecular weight excluding hydrogens is 250 g/mol. The molecule has 3 nitrogen and oxygen atoms in total. The highest BCUT2D eigenvalue weighted by Gasteiger charge is 2.21. The summed E-state index contributed by atoms with van der Waals surface area (Å²) in [6.45, 7) is 6.92. The average molecular weight is 273 g/mol. The molecule has 0 N–H and O–H groups in total. The van der Waals surface area contributed by atoms with E-state index in [2.05, 4.69) is 0 Å². The predicted octanol–water partition coefficient (Wildman–Crippen LogP) is 3.20. The van der Waals surface area contributed by atoms with Gasteiger partial charge in [0.15, 0.2) is 5.78 Å². The van der Waals surface area contributed by atoms with Gasteiger partial charge in [-0.2, -0.15) is 0 Å². The Morgan fingerprint density at radius 1 is 1.10 bits per heavy atom. The second-order valence-corrected chi connectivity index (χ2v) is 5.82. The van der Waals surface area contributed by atoms with Crippen molar-refractivity contribution in [1.82, 2.24) is 4.90 Å². The van der Waals surface area contributed by atoms with Crippen LogP contribution >= 0.6 is 0 Å². The Labute approximate surface area is 121 Å². The van der Waals surface area contributed by atoms with Gasteiger partial charge in [0.2, 0.25) is 5.91 Å². The highest BCUT2D eigenvalue weighted by atomic mass is 16.2. The number of aryl methyl sites for hydroxylation is 3. The van der Waals surface area contributed by atoms with Gasteiger partial charge in [0.05, 0.1) is 6.54 Å². The van der Waals surface area contributed by atoms with E-state index in [4.69, 9.17) is 0 Å². The maximum absolute atomic E-state index is 12.5. The highest BCUT2D eigenvalue weighted by Crippen LogP contribution is 2.18. The van der Waals surface area contributed by atoms with Crippen LogP contribution in [-0.2, 0) is 4.79 Å². The second-order valence-electron chi connectivity index (χ2n) is 5.82. The number of ketones is 1. The fraction of sp³-hybridized carbons (Fsp3) is 0.529. The van der Waals surface area contributed by atoms with E-state index in [0.717, 1.165) is 36.0 Å². The molecule has 3 heteroatoms. The van der Waals surface area contributed by atoms with Crippen LogP contribution in [0, 0.1) is 20.8 Å². The lowest BCUT2D eigenvalue weighted by Gasteiger charge is -2.21. The van der Waals surface area contributed by atoms with Gasteiger partial charge in [-0.15, -0.1) is 0 Å². The number of rotatable bonds is 3. The summed E-state index contributed by atoms with van der Waals surface area (Å²) < 4.78 is 0. The van der Waals surface area contributed by atoms with Crippen LogP contribution in [0.5, 0.6) is 0 Å². The lowest BCUT2D eigenvalue weighted by atomic mass is 9.96. The Bertz CT molecular complexity index is 511. The minimum absolute atomic E-state index is 0.0650. The third-order valence-electron chi connectivity index (χ3n) is 3.96. The van der Waals surface area contributed by atoms with Crippen molar-refractivity contribution in [3.05, 3.63) is 34.4 Å². The Kier molecular flexibility index (Phi) is 4.58. The summed E-state index contributed by atoms with van der Waals surface area (Å²) in [4.78, 5) is 26.2. The second kappa shape index (κ2) is 6.21. The normalized spacial score (nSPS) is 16.1. The van der Waals surface area contributed by atoms with Crippen LogP contribution in [0.25, 0.3) is 0 Å². The van der Waals surface area contributed by atoms with Gasteiger partial charge in [-0.3, -0.25) is 9.59 Å². The number of Topliss-reactive ketones (excluding diaryl/α,β-unsaturated/α-hetero) is 1. The van der Waals surface area contributed by atoms with E-state index >= 15 is 0 Å². The fourth-order valence-electron chi connectivity index (χ4n) is 3.08. The van der Waals surface area contributed by atoms with Crippen molar-refractivity contribution in [3.8, 4) is 0 Å². The predicted molar refractivity (Wildman–Crippen MR) is 80.0 cm³/mol. The highest BCUT2D eigenvalue weighted by molar-refractivity contribution is 6.01. The molecule has 0 unspecified atom stereocenters. The molecule has 1 aromatic rings. The lowest BCUT2D eigenvalue weighted by Crippen LogP contribution is -2.35. The van der Waals surface area contributed by atoms with E-state index < -0.39 is 0 Å². The third kappa shape index (κ3) is 3.27. The van der Waals surface area contributed by atoms with Crippen LogP contribution in [0.15, 0.2) is 12.1 Å². The third-order valence-corrected chi connectivity index (χ3v) is 3.96. The van der Waals surface area contributed by atoms with E-state index in [9.17, 15) is 9.59 Å². The molecule has 1 saturated heterocycles. The zero-order valence-electron chi connectivity index (χ0n) is 12.7. The maximum atomic E-state index is 12.5. The maximum Gasteiger partial charge on any atom is 0.222 e. The molecule has 1 heterocycles. The van der Waals surface area contributed by atoms with Gasteiger partial charge in [0.1, 0.15) is 0 Å². The fourth-order valence-corrected chi connectivity index (χ4v) is 3.08. The molecule has 1 aliphatic heterocycles. The Morgan fingerprint density at radius 2 is 1.75 bits per heavy atom. The van der Waals surface area contributed by atoms with Gasteiger partial charge in [-0.25, -0.2) is 0 Å². The smallest absolute Gasteiger partial charge is 0.222 e. The molecule has 1 aromatic carbocycles. The molecule has 0 spiro atoms. The topological polar surface area (TPSA) is 37.4 Å². The SMILES string of the molecule is Cc1cc(C)c(C(=O)CN2CCCCCC2=O)c(C)c1. The van der Waals surface area contributed by atoms with Crippen molar-refractivity contribution >= 4 is 11.7 Å². The Balaban J connectivity index is 2.17. The summed E-state index contributed by atoms with van der Waals surface area (Å²) in [5.74, 6) is 0.188. The first-order valence-corrected chi connectivity index (χ1v) is 7.38. The molecule has 1 amide bonds. The van der Waals surface area contributed by atoms with E-state index in [1.54, 1.807) is 4.90 Å². The quantitative estimate of drug-likeness (QED) is 0.793. The Hall–Kier alpha value is -1.64. The van der Waals surface area contributed by atoms with Crippen LogP contribution in [0.3, 0.4) is 0 Å². The lowest BCUT2D eigenvalue weighted by molar-refractivity contribution is -0.130. The molecule has 2 rings (SSSR count). The molecule has 0 bridgehead atoms. The van der Waals surface area contributed by atoms with Gasteiger partial charge >= 0.3 is 0 Å². The summed E-state index contributed by atoms with van der Waals surface area (Å²) in [5, 5.41) is 0. The Morgan fingerprint density at radius 3 is 2.40 bits per heavy atom. The average Bonchev–Trinajstić information content (AvgIpc) is 2.53. The van der Waals surface area contributed by atoms with Crippen LogP contribution in [0.2, 0.25) is 0 Å². The molecule has 1 fully saturated rings. The van der Waals surface area contributed by atoms with E-state index in [1.165, 1.54) is 5.56 Å². The number of carbonyl (C=O) groups excluding carboxylic acids is 2. The molecule has 1 aliphatic rings. The van der Waals surface area contributed by atoms with Crippen molar-refractivity contribution in [2.24, 2.45) is 0 Å². The number of benzene rings is 1. The van der Waals surface area contributed by atoms with E-state index in [-0.39, 0.29) is 18.2 Å². The molecule has 0 radical (unpaired) electrons. The number of hydrogen-bond donors (Lipinski definition) is 0. The van der Waals surface area contributed by atoms with Gasteiger partial charge in [-0.05, 0) is 44.7 Å².